The first-order valence-electron chi connectivity index (χ1n) is 6.81. The van der Waals surface area contributed by atoms with Crippen LogP contribution in [0.25, 0.3) is 11.1 Å². The van der Waals surface area contributed by atoms with Gasteiger partial charge in [-0.25, -0.2) is 0 Å². The summed E-state index contributed by atoms with van der Waals surface area (Å²) in [4.78, 5) is 0. The second kappa shape index (κ2) is 10.2. The van der Waals surface area contributed by atoms with Crippen molar-refractivity contribution in [1.29, 1.82) is 0 Å². The predicted molar refractivity (Wildman–Crippen MR) is 86.6 cm³/mol. The van der Waals surface area contributed by atoms with Crippen molar-refractivity contribution in [3.8, 4) is 11.1 Å². The molecule has 2 aromatic rings. The number of aliphatic hydroxyl groups excluding tert-OH is 2. The van der Waals surface area contributed by atoms with Crippen LogP contribution in [0.2, 0.25) is 0 Å². The minimum absolute atomic E-state index is 0.127. The summed E-state index contributed by atoms with van der Waals surface area (Å²) in [7, 11) is 0. The van der Waals surface area contributed by atoms with E-state index in [9.17, 15) is 5.11 Å². The fourth-order valence-electron chi connectivity index (χ4n) is 2.28. The van der Waals surface area contributed by atoms with Gasteiger partial charge in [0.05, 0.1) is 0 Å². The molecule has 0 aromatic heterocycles. The van der Waals surface area contributed by atoms with E-state index in [1.165, 1.54) is 0 Å². The number of aliphatic hydroxyl groups is 2. The first-order chi connectivity index (χ1) is 10.6. The summed E-state index contributed by atoms with van der Waals surface area (Å²) in [6.45, 7) is 0.263. The summed E-state index contributed by atoms with van der Waals surface area (Å²) in [6, 6.07) is 16.3. The predicted octanol–water partition coefficient (Wildman–Crippen LogP) is 1.16. The van der Waals surface area contributed by atoms with E-state index in [1.54, 1.807) is 0 Å². The monoisotopic (exact) mass is 322 g/mol. The molecule has 1 atom stereocenters. The van der Waals surface area contributed by atoms with Crippen molar-refractivity contribution in [3.05, 3.63) is 59.7 Å². The first kappa shape index (κ1) is 18.5. The molecular weight excluding hydrogens is 302 g/mol. The van der Waals surface area contributed by atoms with Crippen molar-refractivity contribution in [2.45, 2.75) is 12.8 Å². The van der Waals surface area contributed by atoms with Crippen molar-refractivity contribution in [1.82, 2.24) is 0 Å². The van der Waals surface area contributed by atoms with Gasteiger partial charge in [0.1, 0.15) is 0 Å². The van der Waals surface area contributed by atoms with Gasteiger partial charge in [0.15, 0.2) is 0 Å². The molecule has 2 aromatic carbocycles. The highest BCUT2D eigenvalue weighted by Crippen LogP contribution is 2.27. The SMILES string of the molecule is NS(=O)[O-].OCCc1cccc(-c2ccccc2)c1CCO. The zero-order chi connectivity index (χ0) is 16.4. The van der Waals surface area contributed by atoms with Crippen LogP contribution in [-0.4, -0.2) is 32.2 Å². The minimum atomic E-state index is -2.36. The highest BCUT2D eigenvalue weighted by atomic mass is 32.2. The van der Waals surface area contributed by atoms with Crippen molar-refractivity contribution in [2.24, 2.45) is 5.14 Å². The summed E-state index contributed by atoms with van der Waals surface area (Å²) >= 11 is -2.36. The molecule has 0 aliphatic heterocycles. The lowest BCUT2D eigenvalue weighted by Crippen LogP contribution is -2.02. The second-order valence-electron chi connectivity index (χ2n) is 4.52. The van der Waals surface area contributed by atoms with Crippen LogP contribution in [0.4, 0.5) is 0 Å². The maximum Gasteiger partial charge on any atom is 0.0471 e. The molecule has 0 aliphatic rings. The van der Waals surface area contributed by atoms with Crippen LogP contribution in [0.15, 0.2) is 48.5 Å². The maximum atomic E-state index is 9.22. The molecule has 6 heteroatoms. The van der Waals surface area contributed by atoms with Crippen molar-refractivity contribution in [2.75, 3.05) is 13.2 Å². The smallest absolute Gasteiger partial charge is 0.0471 e. The van der Waals surface area contributed by atoms with Crippen LogP contribution in [0.5, 0.6) is 0 Å². The van der Waals surface area contributed by atoms with Crippen LogP contribution in [0, 0.1) is 0 Å². The Morgan fingerprint density at radius 1 is 0.955 bits per heavy atom. The Bertz CT molecular complexity index is 586. The molecule has 0 heterocycles. The third-order valence-corrected chi connectivity index (χ3v) is 3.10. The molecule has 22 heavy (non-hydrogen) atoms. The molecule has 5 nitrogen and oxygen atoms in total. The number of nitrogens with two attached hydrogens (primary N) is 1. The van der Waals surface area contributed by atoms with Crippen molar-refractivity contribution < 1.29 is 19.0 Å². The molecule has 2 rings (SSSR count). The maximum absolute atomic E-state index is 9.22. The summed E-state index contributed by atoms with van der Waals surface area (Å²) < 4.78 is 17.6. The third kappa shape index (κ3) is 6.05. The zero-order valence-corrected chi connectivity index (χ0v) is 13.0. The highest BCUT2D eigenvalue weighted by Gasteiger charge is 2.09. The highest BCUT2D eigenvalue weighted by molar-refractivity contribution is 7.76. The topological polar surface area (TPSA) is 107 Å². The molecule has 0 fully saturated rings. The van der Waals surface area contributed by atoms with Gasteiger partial charge in [-0.2, -0.15) is 0 Å². The summed E-state index contributed by atoms with van der Waals surface area (Å²) in [5, 5.41) is 22.4. The molecule has 0 saturated carbocycles. The fourth-order valence-corrected chi connectivity index (χ4v) is 2.28. The van der Waals surface area contributed by atoms with E-state index in [0.717, 1.165) is 22.3 Å². The molecule has 4 N–H and O–H groups in total. The van der Waals surface area contributed by atoms with Gasteiger partial charge < -0.3 is 14.8 Å². The van der Waals surface area contributed by atoms with Crippen LogP contribution in [0.3, 0.4) is 0 Å². The van der Waals surface area contributed by atoms with Gasteiger partial charge in [0, 0.05) is 24.5 Å². The molecule has 0 radical (unpaired) electrons. The Labute approximate surface area is 132 Å². The Balaban J connectivity index is 0.000000541. The summed E-state index contributed by atoms with van der Waals surface area (Å²) in [6.07, 6.45) is 1.26. The van der Waals surface area contributed by atoms with E-state index >= 15 is 0 Å². The number of benzene rings is 2. The quantitative estimate of drug-likeness (QED) is 0.718. The van der Waals surface area contributed by atoms with E-state index < -0.39 is 11.3 Å². The average Bonchev–Trinajstić information content (AvgIpc) is 2.50. The van der Waals surface area contributed by atoms with E-state index in [0.29, 0.717) is 12.8 Å². The van der Waals surface area contributed by atoms with Crippen LogP contribution < -0.4 is 5.14 Å². The summed E-state index contributed by atoms with van der Waals surface area (Å²) in [5.41, 5.74) is 4.56. The lowest BCUT2D eigenvalue weighted by atomic mass is 9.92. The molecular formula is C16H20NO4S-. The summed E-state index contributed by atoms with van der Waals surface area (Å²) in [5.74, 6) is 0. The normalized spacial score (nSPS) is 11.5. The molecule has 0 saturated heterocycles. The van der Waals surface area contributed by atoms with Gasteiger partial charge in [-0.15, -0.1) is 0 Å². The van der Waals surface area contributed by atoms with E-state index in [4.69, 9.17) is 13.9 Å². The van der Waals surface area contributed by atoms with Gasteiger partial charge in [-0.3, -0.25) is 9.35 Å². The molecule has 0 aliphatic carbocycles. The van der Waals surface area contributed by atoms with E-state index in [-0.39, 0.29) is 13.2 Å². The standard InChI is InChI=1S/C16H18O2.H3NO2S/c17-11-9-14-7-4-8-15(16(14)10-12-18)13-5-2-1-3-6-13;1-4(2)3/h1-8,17-18H,9-12H2;1H2,(H,2,3)/p-1. The van der Waals surface area contributed by atoms with Crippen LogP contribution in [0.1, 0.15) is 11.1 Å². The lowest BCUT2D eigenvalue weighted by molar-refractivity contribution is 0.293. The lowest BCUT2D eigenvalue weighted by Gasteiger charge is -2.14. The fraction of sp³-hybridized carbons (Fsp3) is 0.250. The van der Waals surface area contributed by atoms with Gasteiger partial charge in [0.2, 0.25) is 0 Å². The number of rotatable bonds is 5. The average molecular weight is 322 g/mol. The van der Waals surface area contributed by atoms with Crippen LogP contribution >= 0.6 is 0 Å². The third-order valence-electron chi connectivity index (χ3n) is 3.10. The number of hydrogen-bond donors (Lipinski definition) is 3. The van der Waals surface area contributed by atoms with Crippen LogP contribution in [-0.2, 0) is 24.1 Å². The van der Waals surface area contributed by atoms with Gasteiger partial charge in [-0.05, 0) is 35.1 Å². The largest absolute Gasteiger partial charge is 0.760 e. The minimum Gasteiger partial charge on any atom is -0.760 e. The Morgan fingerprint density at radius 2 is 1.55 bits per heavy atom. The first-order valence-corrected chi connectivity index (χ1v) is 7.95. The molecule has 0 amide bonds. The Kier molecular flexibility index (Phi) is 8.57. The van der Waals surface area contributed by atoms with Gasteiger partial charge in [-0.1, -0.05) is 48.5 Å². The van der Waals surface area contributed by atoms with Crippen molar-refractivity contribution in [3.63, 3.8) is 0 Å². The van der Waals surface area contributed by atoms with Gasteiger partial charge >= 0.3 is 0 Å². The molecule has 0 bridgehead atoms. The second-order valence-corrected chi connectivity index (χ2v) is 5.04. The zero-order valence-electron chi connectivity index (χ0n) is 12.1. The molecule has 0 spiro atoms. The number of hydrogen-bond acceptors (Lipinski definition) is 4. The Hall–Kier alpha value is -1.57. The van der Waals surface area contributed by atoms with E-state index in [2.05, 4.69) is 23.3 Å². The van der Waals surface area contributed by atoms with Gasteiger partial charge in [0.25, 0.3) is 0 Å². The molecule has 1 unspecified atom stereocenters. The van der Waals surface area contributed by atoms with Crippen molar-refractivity contribution >= 4 is 11.3 Å². The molecule has 120 valence electrons. The van der Waals surface area contributed by atoms with E-state index in [1.807, 2.05) is 30.3 Å². The Morgan fingerprint density at radius 3 is 2.09 bits per heavy atom.